The molecule has 1 fully saturated rings. The fraction of sp³-hybridized carbons (Fsp3) is 1.00. The van der Waals surface area contributed by atoms with E-state index in [1.54, 1.807) is 0 Å². The first-order valence-electron chi connectivity index (χ1n) is 5.73. The summed E-state index contributed by atoms with van der Waals surface area (Å²) in [5.74, 6) is 0.766. The average molecular weight is 199 g/mol. The molecule has 1 aliphatic heterocycles. The lowest BCUT2D eigenvalue weighted by molar-refractivity contribution is 0.150. The van der Waals surface area contributed by atoms with Gasteiger partial charge in [0.05, 0.1) is 0 Å². The molecule has 1 aliphatic rings. The molecule has 0 radical (unpaired) electrons. The summed E-state index contributed by atoms with van der Waals surface area (Å²) in [6.45, 7) is 8.00. The molecule has 0 aromatic carbocycles. The van der Waals surface area contributed by atoms with Crippen molar-refractivity contribution < 1.29 is 0 Å². The maximum atomic E-state index is 3.47. The average Bonchev–Trinajstić information content (AvgIpc) is 2.15. The number of likely N-dealkylation sites (N-methyl/N-ethyl adjacent to an activating group) is 2. The van der Waals surface area contributed by atoms with Crippen LogP contribution in [0.1, 0.15) is 20.3 Å². The van der Waals surface area contributed by atoms with Crippen LogP contribution < -0.4 is 10.6 Å². The van der Waals surface area contributed by atoms with Crippen molar-refractivity contribution in [1.29, 1.82) is 0 Å². The number of rotatable bonds is 4. The largest absolute Gasteiger partial charge is 0.315 e. The highest BCUT2D eigenvalue weighted by Crippen LogP contribution is 2.13. The van der Waals surface area contributed by atoms with Gasteiger partial charge < -0.3 is 10.6 Å². The molecule has 0 spiro atoms. The van der Waals surface area contributed by atoms with E-state index < -0.39 is 0 Å². The summed E-state index contributed by atoms with van der Waals surface area (Å²) in [6.07, 6.45) is 1.26. The van der Waals surface area contributed by atoms with Crippen LogP contribution in [0.4, 0.5) is 0 Å². The number of piperazine rings is 1. The summed E-state index contributed by atoms with van der Waals surface area (Å²) in [5, 5.41) is 6.92. The van der Waals surface area contributed by atoms with E-state index in [1.165, 1.54) is 13.0 Å². The maximum Gasteiger partial charge on any atom is 0.0371 e. The molecule has 3 heteroatoms. The molecule has 0 aromatic heterocycles. The normalized spacial score (nSPS) is 26.8. The lowest BCUT2D eigenvalue weighted by Gasteiger charge is -2.39. The van der Waals surface area contributed by atoms with Crippen molar-refractivity contribution in [1.82, 2.24) is 15.5 Å². The van der Waals surface area contributed by atoms with Gasteiger partial charge in [-0.05, 0) is 26.4 Å². The van der Waals surface area contributed by atoms with Gasteiger partial charge in [0.2, 0.25) is 0 Å². The minimum absolute atomic E-state index is 0.618. The number of nitrogens with zero attached hydrogens (tertiary/aromatic N) is 1. The fourth-order valence-corrected chi connectivity index (χ4v) is 2.25. The van der Waals surface area contributed by atoms with E-state index in [0.29, 0.717) is 12.1 Å². The lowest BCUT2D eigenvalue weighted by atomic mass is 9.95. The Labute approximate surface area is 88.2 Å². The first-order valence-corrected chi connectivity index (χ1v) is 5.73. The number of hydrogen-bond donors (Lipinski definition) is 2. The van der Waals surface area contributed by atoms with Crippen LogP contribution in [-0.2, 0) is 0 Å². The fourth-order valence-electron chi connectivity index (χ4n) is 2.25. The number of nitrogens with one attached hydrogen (secondary N) is 2. The highest BCUT2D eigenvalue weighted by molar-refractivity contribution is 4.87. The van der Waals surface area contributed by atoms with E-state index in [0.717, 1.165) is 19.0 Å². The summed E-state index contributed by atoms with van der Waals surface area (Å²) in [4.78, 5) is 2.47. The summed E-state index contributed by atoms with van der Waals surface area (Å²) in [6, 6.07) is 1.27. The Kier molecular flexibility index (Phi) is 4.85. The van der Waals surface area contributed by atoms with Gasteiger partial charge in [-0.1, -0.05) is 13.8 Å². The molecule has 14 heavy (non-hydrogen) atoms. The molecule has 1 heterocycles. The zero-order valence-electron chi connectivity index (χ0n) is 10.0. The molecule has 0 aliphatic carbocycles. The van der Waals surface area contributed by atoms with Gasteiger partial charge in [0.25, 0.3) is 0 Å². The van der Waals surface area contributed by atoms with Gasteiger partial charge >= 0.3 is 0 Å². The molecular weight excluding hydrogens is 174 g/mol. The monoisotopic (exact) mass is 199 g/mol. The predicted octanol–water partition coefficient (Wildman–Crippen LogP) is 0.524. The van der Waals surface area contributed by atoms with Crippen LogP contribution in [-0.4, -0.2) is 50.7 Å². The van der Waals surface area contributed by atoms with Gasteiger partial charge in [0, 0.05) is 31.7 Å². The van der Waals surface area contributed by atoms with Crippen molar-refractivity contribution in [2.75, 3.05) is 33.7 Å². The van der Waals surface area contributed by atoms with Gasteiger partial charge in [0.15, 0.2) is 0 Å². The molecule has 2 unspecified atom stereocenters. The minimum atomic E-state index is 0.618. The standard InChI is InChI=1S/C11H25N3/c1-9(2)7-10(12-3)11-8-13-5-6-14(11)4/h9-13H,5-8H2,1-4H3. The molecule has 2 atom stereocenters. The molecule has 1 rings (SSSR count). The maximum absolute atomic E-state index is 3.47. The Balaban J connectivity index is 2.48. The Bertz CT molecular complexity index is 159. The highest BCUT2D eigenvalue weighted by Gasteiger charge is 2.26. The van der Waals surface area contributed by atoms with Crippen LogP contribution in [0.15, 0.2) is 0 Å². The molecule has 1 saturated heterocycles. The second-order valence-electron chi connectivity index (χ2n) is 4.78. The summed E-state index contributed by atoms with van der Waals surface area (Å²) >= 11 is 0. The van der Waals surface area contributed by atoms with E-state index in [2.05, 4.69) is 43.5 Å². The third-order valence-electron chi connectivity index (χ3n) is 3.12. The SMILES string of the molecule is CNC(CC(C)C)C1CNCCN1C. The first-order chi connectivity index (χ1) is 6.65. The van der Waals surface area contributed by atoms with Crippen LogP contribution in [0.25, 0.3) is 0 Å². The van der Waals surface area contributed by atoms with Crippen LogP contribution in [0.2, 0.25) is 0 Å². The second kappa shape index (κ2) is 5.69. The van der Waals surface area contributed by atoms with E-state index in [-0.39, 0.29) is 0 Å². The predicted molar refractivity (Wildman–Crippen MR) is 61.6 cm³/mol. The van der Waals surface area contributed by atoms with E-state index in [4.69, 9.17) is 0 Å². The first kappa shape index (κ1) is 12.0. The topological polar surface area (TPSA) is 27.3 Å². The molecule has 0 saturated carbocycles. The van der Waals surface area contributed by atoms with Crippen molar-refractivity contribution in [3.05, 3.63) is 0 Å². The third-order valence-corrected chi connectivity index (χ3v) is 3.12. The minimum Gasteiger partial charge on any atom is -0.315 e. The van der Waals surface area contributed by atoms with Gasteiger partial charge in [-0.25, -0.2) is 0 Å². The van der Waals surface area contributed by atoms with E-state index >= 15 is 0 Å². The van der Waals surface area contributed by atoms with Crippen molar-refractivity contribution >= 4 is 0 Å². The third kappa shape index (κ3) is 3.23. The Morgan fingerprint density at radius 2 is 2.21 bits per heavy atom. The van der Waals surface area contributed by atoms with Crippen LogP contribution in [0.5, 0.6) is 0 Å². The smallest absolute Gasteiger partial charge is 0.0371 e. The van der Waals surface area contributed by atoms with Crippen molar-refractivity contribution in [2.24, 2.45) is 5.92 Å². The zero-order chi connectivity index (χ0) is 10.6. The zero-order valence-corrected chi connectivity index (χ0v) is 10.0. The number of hydrogen-bond acceptors (Lipinski definition) is 3. The van der Waals surface area contributed by atoms with Crippen molar-refractivity contribution in [3.63, 3.8) is 0 Å². The quantitative estimate of drug-likeness (QED) is 0.691. The van der Waals surface area contributed by atoms with Gasteiger partial charge in [-0.3, -0.25) is 4.90 Å². The van der Waals surface area contributed by atoms with Crippen molar-refractivity contribution in [2.45, 2.75) is 32.4 Å². The van der Waals surface area contributed by atoms with Gasteiger partial charge in [0.1, 0.15) is 0 Å². The van der Waals surface area contributed by atoms with E-state index in [9.17, 15) is 0 Å². The Morgan fingerprint density at radius 3 is 2.71 bits per heavy atom. The van der Waals surface area contributed by atoms with Crippen LogP contribution in [0.3, 0.4) is 0 Å². The molecule has 84 valence electrons. The molecule has 0 bridgehead atoms. The second-order valence-corrected chi connectivity index (χ2v) is 4.78. The molecular formula is C11H25N3. The van der Waals surface area contributed by atoms with Crippen LogP contribution in [0, 0.1) is 5.92 Å². The van der Waals surface area contributed by atoms with E-state index in [1.807, 2.05) is 0 Å². The Morgan fingerprint density at radius 1 is 1.50 bits per heavy atom. The summed E-state index contributed by atoms with van der Waals surface area (Å²) in [5.41, 5.74) is 0. The molecule has 2 N–H and O–H groups in total. The van der Waals surface area contributed by atoms with Crippen molar-refractivity contribution in [3.8, 4) is 0 Å². The van der Waals surface area contributed by atoms with Gasteiger partial charge in [-0.15, -0.1) is 0 Å². The lowest BCUT2D eigenvalue weighted by Crippen LogP contribution is -2.58. The summed E-state index contributed by atoms with van der Waals surface area (Å²) < 4.78 is 0. The molecule has 0 aromatic rings. The molecule has 0 amide bonds. The highest BCUT2D eigenvalue weighted by atomic mass is 15.2. The summed E-state index contributed by atoms with van der Waals surface area (Å²) in [7, 11) is 4.31. The van der Waals surface area contributed by atoms with Gasteiger partial charge in [-0.2, -0.15) is 0 Å². The Hall–Kier alpha value is -0.120. The molecule has 3 nitrogen and oxygen atoms in total. The van der Waals surface area contributed by atoms with Crippen LogP contribution >= 0.6 is 0 Å².